The highest BCUT2D eigenvalue weighted by atomic mass is 32.2. The maximum Gasteiger partial charge on any atom is 0.333 e. The van der Waals surface area contributed by atoms with Crippen molar-refractivity contribution in [2.24, 2.45) is 4.99 Å². The molecule has 0 radical (unpaired) electrons. The van der Waals surface area contributed by atoms with E-state index in [-0.39, 0.29) is 50.1 Å². The number of imide groups is 1. The third kappa shape index (κ3) is 15.2. The van der Waals surface area contributed by atoms with Gasteiger partial charge in [-0.3, -0.25) is 28.2 Å². The van der Waals surface area contributed by atoms with Crippen molar-refractivity contribution >= 4 is 59.5 Å². The van der Waals surface area contributed by atoms with Crippen LogP contribution in [0.2, 0.25) is 0 Å². The number of hydroxylamine groups is 2. The second kappa shape index (κ2) is 18.3. The second-order valence-corrected chi connectivity index (χ2v) is 15.6. The Balaban J connectivity index is 2.29. The number of hydrogen-bond acceptors (Lipinski definition) is 12. The molecule has 0 spiro atoms. The standard InChI is InChI=1S/C29H41N3O13S3/c1-22-21-25(48(42,43)44)13-14-26(22)31(18-8-20-47(39,40)41)24(11-6-9-23(2)30-17-7-19-46(36,37)38)10-4-3-5-12-29(35)45-32-27(33)15-16-28(32)34/h6,9,11,13-14,21H,3-5,7-8,10,12,15-20H2,1-2H3,(H,36,37,38)(H,39,40,41)(H,42,43,44)/b9-6+,24-11+,30-23?. The lowest BCUT2D eigenvalue weighted by Gasteiger charge is -2.29. The molecule has 1 fully saturated rings. The van der Waals surface area contributed by atoms with Gasteiger partial charge in [0.25, 0.3) is 42.2 Å². The van der Waals surface area contributed by atoms with Crippen molar-refractivity contribution in [2.45, 2.75) is 76.5 Å². The normalized spacial score (nSPS) is 15.1. The maximum atomic E-state index is 12.2. The highest BCUT2D eigenvalue weighted by Gasteiger charge is 2.32. The van der Waals surface area contributed by atoms with Gasteiger partial charge in [-0.1, -0.05) is 12.5 Å². The Kier molecular flexibility index (Phi) is 15.5. The van der Waals surface area contributed by atoms with E-state index >= 15 is 0 Å². The first-order chi connectivity index (χ1) is 22.3. The monoisotopic (exact) mass is 735 g/mol. The lowest BCUT2D eigenvalue weighted by atomic mass is 10.1. The number of unbranched alkanes of at least 4 members (excludes halogenated alkanes) is 2. The van der Waals surface area contributed by atoms with Crippen LogP contribution in [0.4, 0.5) is 5.69 Å². The molecule has 19 heteroatoms. The van der Waals surface area contributed by atoms with Crippen LogP contribution in [0.15, 0.2) is 52.0 Å². The molecule has 1 aliphatic rings. The summed E-state index contributed by atoms with van der Waals surface area (Å²) >= 11 is 0. The van der Waals surface area contributed by atoms with Gasteiger partial charge < -0.3 is 9.74 Å². The van der Waals surface area contributed by atoms with Crippen molar-refractivity contribution in [1.29, 1.82) is 0 Å². The van der Waals surface area contributed by atoms with E-state index in [0.29, 0.717) is 53.4 Å². The van der Waals surface area contributed by atoms with Crippen LogP contribution in [0.25, 0.3) is 0 Å². The first-order valence-electron chi connectivity index (χ1n) is 15.0. The zero-order chi connectivity index (χ0) is 36.1. The highest BCUT2D eigenvalue weighted by Crippen LogP contribution is 2.29. The largest absolute Gasteiger partial charge is 0.345 e. The van der Waals surface area contributed by atoms with Gasteiger partial charge in [0.05, 0.1) is 16.4 Å². The summed E-state index contributed by atoms with van der Waals surface area (Å²) < 4.78 is 95.9. The van der Waals surface area contributed by atoms with Crippen LogP contribution in [-0.2, 0) is 49.6 Å². The first kappa shape index (κ1) is 40.7. The Morgan fingerprint density at radius 2 is 1.52 bits per heavy atom. The van der Waals surface area contributed by atoms with Crippen LogP contribution in [0.3, 0.4) is 0 Å². The topological polar surface area (TPSA) is 242 Å². The maximum absolute atomic E-state index is 12.2. The lowest BCUT2D eigenvalue weighted by molar-refractivity contribution is -0.197. The van der Waals surface area contributed by atoms with Gasteiger partial charge in [-0.15, -0.1) is 5.06 Å². The second-order valence-electron chi connectivity index (χ2n) is 11.0. The van der Waals surface area contributed by atoms with Crippen LogP contribution in [0, 0.1) is 6.92 Å². The van der Waals surface area contributed by atoms with E-state index in [4.69, 9.17) is 9.39 Å². The summed E-state index contributed by atoms with van der Waals surface area (Å²) in [5, 5.41) is 0.482. The smallest absolute Gasteiger partial charge is 0.333 e. The Bertz CT molecular complexity index is 1730. The van der Waals surface area contributed by atoms with Crippen LogP contribution < -0.4 is 4.90 Å². The minimum atomic E-state index is -4.50. The van der Waals surface area contributed by atoms with E-state index in [2.05, 4.69) is 4.99 Å². The number of rotatable bonds is 20. The average Bonchev–Trinajstić information content (AvgIpc) is 3.27. The van der Waals surface area contributed by atoms with E-state index < -0.39 is 59.6 Å². The summed E-state index contributed by atoms with van der Waals surface area (Å²) in [6, 6.07) is 3.92. The van der Waals surface area contributed by atoms with Gasteiger partial charge >= 0.3 is 5.97 Å². The fourth-order valence-electron chi connectivity index (χ4n) is 4.63. The highest BCUT2D eigenvalue weighted by molar-refractivity contribution is 7.86. The van der Waals surface area contributed by atoms with Gasteiger partial charge in [-0.25, -0.2) is 4.79 Å². The molecule has 2 amide bonds. The van der Waals surface area contributed by atoms with E-state index in [9.17, 15) is 48.7 Å². The van der Waals surface area contributed by atoms with Gasteiger partial charge in [0.2, 0.25) is 0 Å². The third-order valence-electron chi connectivity index (χ3n) is 6.95. The average molecular weight is 736 g/mol. The van der Waals surface area contributed by atoms with Crippen LogP contribution in [0.5, 0.6) is 0 Å². The third-order valence-corrected chi connectivity index (χ3v) is 9.41. The Morgan fingerprint density at radius 3 is 2.10 bits per heavy atom. The molecule has 0 aliphatic carbocycles. The van der Waals surface area contributed by atoms with Gasteiger partial charge in [0, 0.05) is 49.4 Å². The molecule has 0 aromatic heterocycles. The molecule has 0 bridgehead atoms. The zero-order valence-corrected chi connectivity index (χ0v) is 29.1. The number of anilines is 1. The molecule has 3 N–H and O–H groups in total. The molecular formula is C29H41N3O13S3. The Morgan fingerprint density at radius 1 is 0.917 bits per heavy atom. The van der Waals surface area contributed by atoms with Gasteiger partial charge in [0.1, 0.15) is 0 Å². The van der Waals surface area contributed by atoms with Gasteiger partial charge in [-0.05, 0) is 81.9 Å². The molecule has 268 valence electrons. The molecular weight excluding hydrogens is 695 g/mol. The number of carbonyl (C=O) groups is 3. The van der Waals surface area contributed by atoms with Crippen molar-refractivity contribution in [1.82, 2.24) is 5.06 Å². The fraction of sp³-hybridized carbons (Fsp3) is 0.517. The SMILES string of the molecule is CC(/C=C/C=C(\CCCCCC(=O)ON1C(=O)CCC1=O)N(CCCS(=O)(=O)O)c1ccc(S(=O)(=O)O)cc1C)=NCCCS(=O)(=O)O. The Labute approximate surface area is 280 Å². The summed E-state index contributed by atoms with van der Waals surface area (Å²) in [7, 11) is -12.9. The lowest BCUT2D eigenvalue weighted by Crippen LogP contribution is -2.31. The molecule has 1 heterocycles. The van der Waals surface area contributed by atoms with Crippen molar-refractivity contribution in [3.63, 3.8) is 0 Å². The summed E-state index contributed by atoms with van der Waals surface area (Å²) in [6.07, 6.45) is 6.79. The van der Waals surface area contributed by atoms with E-state index in [1.54, 1.807) is 37.0 Å². The van der Waals surface area contributed by atoms with Gasteiger partial charge in [0.15, 0.2) is 0 Å². The summed E-state index contributed by atoms with van der Waals surface area (Å²) in [4.78, 5) is 46.1. The van der Waals surface area contributed by atoms with Crippen molar-refractivity contribution in [3.8, 4) is 0 Å². The van der Waals surface area contributed by atoms with Gasteiger partial charge in [-0.2, -0.15) is 25.3 Å². The minimum Gasteiger partial charge on any atom is -0.345 e. The van der Waals surface area contributed by atoms with Crippen molar-refractivity contribution in [2.75, 3.05) is 29.5 Å². The summed E-state index contributed by atoms with van der Waals surface area (Å²) in [5.74, 6) is -2.87. The molecule has 0 atom stereocenters. The minimum absolute atomic E-state index is 0.00654. The predicted octanol–water partition coefficient (Wildman–Crippen LogP) is 3.06. The van der Waals surface area contributed by atoms with E-state index in [1.165, 1.54) is 18.2 Å². The van der Waals surface area contributed by atoms with Crippen molar-refractivity contribution < 1.29 is 58.1 Å². The van der Waals surface area contributed by atoms with Crippen LogP contribution in [-0.4, -0.2) is 92.1 Å². The van der Waals surface area contributed by atoms with Crippen LogP contribution in [0.1, 0.15) is 70.3 Å². The zero-order valence-electron chi connectivity index (χ0n) is 26.6. The molecule has 1 saturated heterocycles. The number of aliphatic imine (C=N–C) groups is 1. The quantitative estimate of drug-likeness (QED) is 0.0573. The molecule has 1 aromatic carbocycles. The number of nitrogens with zero attached hydrogens (tertiary/aromatic N) is 3. The first-order valence-corrected chi connectivity index (χ1v) is 19.6. The molecule has 1 aromatic rings. The number of hydrogen-bond donors (Lipinski definition) is 3. The molecule has 2 rings (SSSR count). The summed E-state index contributed by atoms with van der Waals surface area (Å²) in [5.41, 5.74) is 2.12. The van der Waals surface area contributed by atoms with Crippen LogP contribution >= 0.6 is 0 Å². The number of amides is 2. The fourth-order valence-corrected chi connectivity index (χ4v) is 6.19. The predicted molar refractivity (Wildman–Crippen MR) is 176 cm³/mol. The number of aryl methyl sites for hydroxylation is 1. The molecule has 0 unspecified atom stereocenters. The number of benzene rings is 1. The molecule has 16 nitrogen and oxygen atoms in total. The molecule has 0 saturated carbocycles. The molecule has 48 heavy (non-hydrogen) atoms. The number of allylic oxidation sites excluding steroid dienone is 4. The summed E-state index contributed by atoms with van der Waals surface area (Å²) in [6.45, 7) is 3.52. The number of carbonyl (C=O) groups excluding carboxylic acids is 3. The van der Waals surface area contributed by atoms with E-state index in [0.717, 1.165) is 0 Å². The molecule has 1 aliphatic heterocycles. The van der Waals surface area contributed by atoms with Crippen molar-refractivity contribution in [3.05, 3.63) is 47.7 Å². The van der Waals surface area contributed by atoms with E-state index in [1.807, 2.05) is 0 Å². The Hall–Kier alpha value is -3.49.